The third-order valence-electron chi connectivity index (χ3n) is 2.65. The van der Waals surface area contributed by atoms with Gasteiger partial charge in [-0.2, -0.15) is 0 Å². The molecule has 15 heavy (non-hydrogen) atoms. The predicted molar refractivity (Wildman–Crippen MR) is 53.5 cm³/mol. The summed E-state index contributed by atoms with van der Waals surface area (Å²) in [6.45, 7) is 4.97. The van der Waals surface area contributed by atoms with E-state index >= 15 is 0 Å². The van der Waals surface area contributed by atoms with Gasteiger partial charge in [-0.1, -0.05) is 0 Å². The summed E-state index contributed by atoms with van der Waals surface area (Å²) >= 11 is 0. The van der Waals surface area contributed by atoms with Crippen molar-refractivity contribution in [2.75, 3.05) is 19.8 Å². The highest BCUT2D eigenvalue weighted by Gasteiger charge is 2.33. The van der Waals surface area contributed by atoms with Crippen molar-refractivity contribution < 1.29 is 19.0 Å². The van der Waals surface area contributed by atoms with E-state index in [4.69, 9.17) is 14.2 Å². The van der Waals surface area contributed by atoms with E-state index < -0.39 is 5.79 Å². The predicted octanol–water partition coefficient (Wildman–Crippen LogP) is 1.13. The first kappa shape index (κ1) is 11.0. The van der Waals surface area contributed by atoms with Crippen LogP contribution in [-0.2, 0) is 19.0 Å². The molecule has 0 spiro atoms. The maximum Gasteiger partial charge on any atom is 0.163 e. The Bertz CT molecular complexity index is 245. The van der Waals surface area contributed by atoms with Crippen LogP contribution in [0.3, 0.4) is 0 Å². The lowest BCUT2D eigenvalue weighted by Gasteiger charge is -2.16. The maximum absolute atomic E-state index is 11.3. The molecule has 0 unspecified atom stereocenters. The minimum Gasteiger partial charge on any atom is -0.371 e. The minimum absolute atomic E-state index is 0.0352. The van der Waals surface area contributed by atoms with Crippen LogP contribution >= 0.6 is 0 Å². The summed E-state index contributed by atoms with van der Waals surface area (Å²) in [6.07, 6.45) is 2.04. The van der Waals surface area contributed by atoms with Crippen LogP contribution in [0.4, 0.5) is 0 Å². The molecule has 2 fully saturated rings. The number of ether oxygens (including phenoxy) is 3. The van der Waals surface area contributed by atoms with Crippen LogP contribution < -0.4 is 0 Å². The number of hydrogen-bond donors (Lipinski definition) is 0. The van der Waals surface area contributed by atoms with Crippen LogP contribution in [0, 0.1) is 5.92 Å². The van der Waals surface area contributed by atoms with E-state index in [2.05, 4.69) is 0 Å². The molecule has 0 aromatic rings. The fourth-order valence-corrected chi connectivity index (χ4v) is 1.66. The van der Waals surface area contributed by atoms with E-state index in [1.165, 1.54) is 0 Å². The summed E-state index contributed by atoms with van der Waals surface area (Å²) in [7, 11) is 0. The summed E-state index contributed by atoms with van der Waals surface area (Å²) in [5.41, 5.74) is 0. The smallest absolute Gasteiger partial charge is 0.163 e. The standard InChI is InChI=1S/C11H18O4/c1-11(2)14-6-9(15-11)5-13-7-10(12)8-3-4-8/h8-9H,3-7H2,1-2H3/t9-/m1/s1. The SMILES string of the molecule is CC1(C)OC[C@@H](COCC(=O)C2CC2)O1. The first-order valence-electron chi connectivity index (χ1n) is 5.49. The molecule has 1 saturated carbocycles. The van der Waals surface area contributed by atoms with Crippen LogP contribution in [-0.4, -0.2) is 37.5 Å². The molecule has 86 valence electrons. The molecule has 0 amide bonds. The molecule has 0 N–H and O–H groups in total. The summed E-state index contributed by atoms with van der Waals surface area (Å²) in [5, 5.41) is 0. The minimum atomic E-state index is -0.505. The van der Waals surface area contributed by atoms with E-state index in [0.717, 1.165) is 12.8 Å². The largest absolute Gasteiger partial charge is 0.371 e. The summed E-state index contributed by atoms with van der Waals surface area (Å²) in [6, 6.07) is 0. The molecule has 1 saturated heterocycles. The zero-order valence-corrected chi connectivity index (χ0v) is 9.32. The van der Waals surface area contributed by atoms with Crippen molar-refractivity contribution in [1.29, 1.82) is 0 Å². The number of rotatable bonds is 5. The second kappa shape index (κ2) is 4.20. The van der Waals surface area contributed by atoms with Crippen molar-refractivity contribution in [2.45, 2.75) is 38.6 Å². The van der Waals surface area contributed by atoms with Crippen LogP contribution in [0.2, 0.25) is 0 Å². The molecule has 1 atom stereocenters. The van der Waals surface area contributed by atoms with Crippen LogP contribution in [0.25, 0.3) is 0 Å². The van der Waals surface area contributed by atoms with Crippen LogP contribution in [0.1, 0.15) is 26.7 Å². The number of carbonyl (C=O) groups is 1. The van der Waals surface area contributed by atoms with E-state index in [1.54, 1.807) is 0 Å². The Morgan fingerprint density at radius 1 is 1.47 bits per heavy atom. The van der Waals surface area contributed by atoms with Gasteiger partial charge >= 0.3 is 0 Å². The van der Waals surface area contributed by atoms with Gasteiger partial charge in [0.05, 0.1) is 13.2 Å². The van der Waals surface area contributed by atoms with Crippen molar-refractivity contribution in [1.82, 2.24) is 0 Å². The monoisotopic (exact) mass is 214 g/mol. The molecular formula is C11H18O4. The second-order valence-corrected chi connectivity index (χ2v) is 4.71. The van der Waals surface area contributed by atoms with Gasteiger partial charge in [0, 0.05) is 5.92 Å². The highest BCUT2D eigenvalue weighted by Crippen LogP contribution is 2.29. The summed E-state index contributed by atoms with van der Waals surface area (Å²) < 4.78 is 16.3. The van der Waals surface area contributed by atoms with Crippen molar-refractivity contribution in [3.8, 4) is 0 Å². The Morgan fingerprint density at radius 3 is 2.73 bits per heavy atom. The van der Waals surface area contributed by atoms with Crippen molar-refractivity contribution in [3.63, 3.8) is 0 Å². The Kier molecular flexibility index (Phi) is 3.09. The molecule has 4 nitrogen and oxygen atoms in total. The lowest BCUT2D eigenvalue weighted by atomic mass is 10.3. The van der Waals surface area contributed by atoms with Gasteiger partial charge in [0.1, 0.15) is 12.7 Å². The third-order valence-corrected chi connectivity index (χ3v) is 2.65. The van der Waals surface area contributed by atoms with E-state index in [1.807, 2.05) is 13.8 Å². The number of Topliss-reactive ketones (excluding diaryl/α,β-unsaturated/α-hetero) is 1. The van der Waals surface area contributed by atoms with Crippen molar-refractivity contribution in [2.24, 2.45) is 5.92 Å². The lowest BCUT2D eigenvalue weighted by Crippen LogP contribution is -2.25. The van der Waals surface area contributed by atoms with Gasteiger partial charge in [0.2, 0.25) is 0 Å². The van der Waals surface area contributed by atoms with Gasteiger partial charge in [0.15, 0.2) is 11.6 Å². The highest BCUT2D eigenvalue weighted by atomic mass is 16.7. The number of carbonyl (C=O) groups excluding carboxylic acids is 1. The maximum atomic E-state index is 11.3. The average Bonchev–Trinajstić information content (AvgIpc) is 2.92. The molecule has 0 radical (unpaired) electrons. The quantitative estimate of drug-likeness (QED) is 0.688. The molecule has 0 aromatic heterocycles. The molecule has 1 aliphatic carbocycles. The Labute approximate surface area is 89.9 Å². The highest BCUT2D eigenvalue weighted by molar-refractivity contribution is 5.84. The molecule has 0 aromatic carbocycles. The number of ketones is 1. The van der Waals surface area contributed by atoms with Gasteiger partial charge in [-0.25, -0.2) is 0 Å². The zero-order valence-electron chi connectivity index (χ0n) is 9.32. The van der Waals surface area contributed by atoms with Gasteiger partial charge in [-0.15, -0.1) is 0 Å². The molecular weight excluding hydrogens is 196 g/mol. The van der Waals surface area contributed by atoms with Crippen molar-refractivity contribution in [3.05, 3.63) is 0 Å². The molecule has 2 aliphatic rings. The van der Waals surface area contributed by atoms with Gasteiger partial charge < -0.3 is 14.2 Å². The molecule has 2 rings (SSSR count). The zero-order chi connectivity index (χ0) is 10.9. The van der Waals surface area contributed by atoms with Gasteiger partial charge in [-0.05, 0) is 26.7 Å². The van der Waals surface area contributed by atoms with Crippen LogP contribution in [0.15, 0.2) is 0 Å². The topological polar surface area (TPSA) is 44.8 Å². The van der Waals surface area contributed by atoms with Gasteiger partial charge in [-0.3, -0.25) is 4.79 Å². The fraction of sp³-hybridized carbons (Fsp3) is 0.909. The third kappa shape index (κ3) is 3.26. The van der Waals surface area contributed by atoms with E-state index in [9.17, 15) is 4.79 Å². The Morgan fingerprint density at radius 2 is 2.20 bits per heavy atom. The molecule has 1 heterocycles. The van der Waals surface area contributed by atoms with Crippen LogP contribution in [0.5, 0.6) is 0 Å². The summed E-state index contributed by atoms with van der Waals surface area (Å²) in [4.78, 5) is 11.3. The summed E-state index contributed by atoms with van der Waals surface area (Å²) in [5.74, 6) is 0.00417. The number of hydrogen-bond acceptors (Lipinski definition) is 4. The van der Waals surface area contributed by atoms with E-state index in [0.29, 0.717) is 13.2 Å². The lowest BCUT2D eigenvalue weighted by molar-refractivity contribution is -0.146. The average molecular weight is 214 g/mol. The normalized spacial score (nSPS) is 29.3. The van der Waals surface area contributed by atoms with Crippen molar-refractivity contribution >= 4 is 5.78 Å². The fourth-order valence-electron chi connectivity index (χ4n) is 1.66. The molecule has 1 aliphatic heterocycles. The molecule has 4 heteroatoms. The first-order valence-corrected chi connectivity index (χ1v) is 5.49. The van der Waals surface area contributed by atoms with Gasteiger partial charge in [0.25, 0.3) is 0 Å². The Balaban J connectivity index is 1.60. The second-order valence-electron chi connectivity index (χ2n) is 4.71. The first-order chi connectivity index (χ1) is 7.07. The molecule has 0 bridgehead atoms. The van der Waals surface area contributed by atoms with E-state index in [-0.39, 0.29) is 24.4 Å². The Hall–Kier alpha value is -0.450.